The summed E-state index contributed by atoms with van der Waals surface area (Å²) in [4.78, 5) is 5.77. The largest absolute Gasteiger partial charge is 0.396 e. The maximum absolute atomic E-state index is 12.9. The van der Waals surface area contributed by atoms with Crippen molar-refractivity contribution in [1.29, 1.82) is 0 Å². The van der Waals surface area contributed by atoms with Gasteiger partial charge in [-0.1, -0.05) is 20.3 Å². The van der Waals surface area contributed by atoms with Gasteiger partial charge in [-0.05, 0) is 43.2 Å². The monoisotopic (exact) mass is 402 g/mol. The molecule has 0 aliphatic heterocycles. The van der Waals surface area contributed by atoms with Crippen LogP contribution in [-0.4, -0.2) is 24.2 Å². The van der Waals surface area contributed by atoms with Gasteiger partial charge in [0.05, 0.1) is 28.4 Å². The van der Waals surface area contributed by atoms with E-state index in [0.717, 1.165) is 38.5 Å². The summed E-state index contributed by atoms with van der Waals surface area (Å²) in [6.45, 7) is 4.00. The Labute approximate surface area is 166 Å². The molecule has 2 fully saturated rings. The average Bonchev–Trinajstić information content (AvgIpc) is 3.30. The van der Waals surface area contributed by atoms with Crippen LogP contribution in [-0.2, 0) is 17.8 Å². The van der Waals surface area contributed by atoms with E-state index in [2.05, 4.69) is 11.2 Å². The average molecular weight is 403 g/mol. The van der Waals surface area contributed by atoms with Crippen molar-refractivity contribution in [3.63, 3.8) is 0 Å². The second-order valence-corrected chi connectivity index (χ2v) is 10.0. The molecule has 5 rings (SSSR count). The topological polar surface area (TPSA) is 73.8 Å². The summed E-state index contributed by atoms with van der Waals surface area (Å²) in [7, 11) is 0.913. The predicted octanol–water partition coefficient (Wildman–Crippen LogP) is 4.84. The minimum absolute atomic E-state index is 0.275. The molecule has 2 aliphatic carbocycles. The van der Waals surface area contributed by atoms with Crippen molar-refractivity contribution >= 4 is 38.0 Å². The van der Waals surface area contributed by atoms with E-state index in [1.165, 1.54) is 36.2 Å². The number of thiophene rings is 1. The van der Waals surface area contributed by atoms with E-state index in [1.807, 2.05) is 33.3 Å². The van der Waals surface area contributed by atoms with Crippen LogP contribution in [0.4, 0.5) is 5.69 Å². The summed E-state index contributed by atoms with van der Waals surface area (Å²) in [5, 5.41) is 5.58. The summed E-state index contributed by atoms with van der Waals surface area (Å²) >= 11 is 1.52. The van der Waals surface area contributed by atoms with Gasteiger partial charge in [0.2, 0.25) is 0 Å². The molecule has 27 heavy (non-hydrogen) atoms. The molecule has 0 radical (unpaired) electrons. The molecule has 1 unspecified atom stereocenters. The molecule has 7 heteroatoms. The normalized spacial score (nSPS) is 18.0. The molecule has 0 bridgehead atoms. The Bertz CT molecular complexity index is 999. The van der Waals surface area contributed by atoms with Crippen LogP contribution >= 0.6 is 11.3 Å². The molecule has 144 valence electrons. The number of anilines is 1. The number of aryl methyl sites for hydroxylation is 1. The second-order valence-electron chi connectivity index (χ2n) is 7.11. The number of nitrogen functional groups attached to an aromatic ring is 1. The lowest BCUT2D eigenvalue weighted by Gasteiger charge is -2.23. The number of rotatable bonds is 4. The maximum atomic E-state index is 12.9. The van der Waals surface area contributed by atoms with Crippen LogP contribution in [0.15, 0.2) is 22.7 Å². The number of pyridine rings is 1. The Balaban J connectivity index is 0.000000872. The molecule has 5 nitrogen and oxygen atoms in total. The van der Waals surface area contributed by atoms with Crippen LogP contribution < -0.4 is 5.73 Å². The summed E-state index contributed by atoms with van der Waals surface area (Å²) in [5.41, 5.74) is 10.4. The van der Waals surface area contributed by atoms with E-state index in [1.54, 1.807) is 4.68 Å². The smallest absolute Gasteiger partial charge is 0.127 e. The number of nitrogens with two attached hydrogens (primary N) is 1. The Morgan fingerprint density at radius 3 is 2.56 bits per heavy atom. The zero-order valence-electron chi connectivity index (χ0n) is 16.1. The van der Waals surface area contributed by atoms with Gasteiger partial charge in [0.15, 0.2) is 0 Å². The van der Waals surface area contributed by atoms with Crippen LogP contribution in [0.2, 0.25) is 0 Å². The molecule has 0 saturated heterocycles. The lowest BCUT2D eigenvalue weighted by molar-refractivity contribution is 0.505. The first-order valence-electron chi connectivity index (χ1n) is 9.74. The fourth-order valence-electron chi connectivity index (χ4n) is 3.43. The van der Waals surface area contributed by atoms with Crippen LogP contribution in [0.1, 0.15) is 57.4 Å². The molecular weight excluding hydrogens is 376 g/mol. The highest BCUT2D eigenvalue weighted by atomic mass is 32.2. The lowest BCUT2D eigenvalue weighted by atomic mass is 10.0. The zero-order chi connectivity index (χ0) is 19.1. The van der Waals surface area contributed by atoms with Crippen molar-refractivity contribution in [3.05, 3.63) is 24.0 Å². The van der Waals surface area contributed by atoms with E-state index in [4.69, 9.17) is 10.7 Å². The third-order valence-corrected chi connectivity index (χ3v) is 8.55. The van der Waals surface area contributed by atoms with Crippen LogP contribution in [0, 0.1) is 0 Å². The van der Waals surface area contributed by atoms with Gasteiger partial charge in [-0.3, -0.25) is 8.89 Å². The Morgan fingerprint density at radius 1 is 1.26 bits per heavy atom. The first-order valence-corrected chi connectivity index (χ1v) is 11.8. The molecule has 2 aliphatic rings. The fourth-order valence-corrected chi connectivity index (χ4v) is 6.65. The molecule has 3 aromatic heterocycles. The molecule has 0 spiro atoms. The minimum atomic E-state index is -0.997. The van der Waals surface area contributed by atoms with Gasteiger partial charge in [-0.25, -0.2) is 4.98 Å². The molecule has 0 amide bonds. The van der Waals surface area contributed by atoms with Gasteiger partial charge in [0, 0.05) is 29.4 Å². The molecule has 1 atom stereocenters. The highest BCUT2D eigenvalue weighted by Gasteiger charge is 2.32. The van der Waals surface area contributed by atoms with E-state index in [9.17, 15) is 4.21 Å². The number of hydrogen-bond donors (Lipinski definition) is 1. The van der Waals surface area contributed by atoms with Crippen molar-refractivity contribution < 1.29 is 4.21 Å². The lowest BCUT2D eigenvalue weighted by Crippen LogP contribution is -2.23. The van der Waals surface area contributed by atoms with E-state index in [-0.39, 0.29) is 5.25 Å². The standard InChI is InChI=1S/C18H20N4OS2.C2H6/c1-22-9-11(8-20-22)14-7-13(10-5-6-10)15-16(19)18(24-17(15)21-14)25(23)12-3-2-4-12;1-2/h7-10,12H,2-6,19H2,1H3;1-2H3. The summed E-state index contributed by atoms with van der Waals surface area (Å²) in [6.07, 6.45) is 9.49. The summed E-state index contributed by atoms with van der Waals surface area (Å²) in [6, 6.07) is 2.16. The van der Waals surface area contributed by atoms with Gasteiger partial charge in [-0.2, -0.15) is 5.10 Å². The molecule has 3 aromatic rings. The van der Waals surface area contributed by atoms with E-state index >= 15 is 0 Å². The third-order valence-electron chi connectivity index (χ3n) is 5.25. The first-order chi connectivity index (χ1) is 13.1. The van der Waals surface area contributed by atoms with E-state index < -0.39 is 10.8 Å². The van der Waals surface area contributed by atoms with E-state index in [0.29, 0.717) is 11.6 Å². The highest BCUT2D eigenvalue weighted by molar-refractivity contribution is 7.88. The van der Waals surface area contributed by atoms with Gasteiger partial charge in [0.25, 0.3) is 0 Å². The SMILES string of the molecule is CC.Cn1cc(-c2cc(C3CC3)c3c(N)c(S(=O)C4CCC4)sc3n2)cn1. The maximum Gasteiger partial charge on any atom is 0.127 e. The predicted molar refractivity (Wildman–Crippen MR) is 114 cm³/mol. The number of aromatic nitrogens is 3. The molecule has 2 N–H and O–H groups in total. The second kappa shape index (κ2) is 7.36. The quantitative estimate of drug-likeness (QED) is 0.677. The summed E-state index contributed by atoms with van der Waals surface area (Å²) < 4.78 is 15.5. The zero-order valence-corrected chi connectivity index (χ0v) is 17.7. The number of fused-ring (bicyclic) bond motifs is 1. The van der Waals surface area contributed by atoms with Crippen molar-refractivity contribution in [2.75, 3.05) is 5.73 Å². The van der Waals surface area contributed by atoms with Gasteiger partial charge in [0.1, 0.15) is 9.04 Å². The summed E-state index contributed by atoms with van der Waals surface area (Å²) in [5.74, 6) is 0.558. The fraction of sp³-hybridized carbons (Fsp3) is 0.500. The molecule has 0 aromatic carbocycles. The van der Waals surface area contributed by atoms with Crippen LogP contribution in [0.5, 0.6) is 0 Å². The van der Waals surface area contributed by atoms with Crippen LogP contribution in [0.25, 0.3) is 21.5 Å². The van der Waals surface area contributed by atoms with Crippen molar-refractivity contribution in [3.8, 4) is 11.3 Å². The van der Waals surface area contributed by atoms with Gasteiger partial charge >= 0.3 is 0 Å². The third kappa shape index (κ3) is 3.31. The Morgan fingerprint density at radius 2 is 2.00 bits per heavy atom. The molecule has 3 heterocycles. The van der Waals surface area contributed by atoms with Crippen molar-refractivity contribution in [2.45, 2.75) is 61.3 Å². The number of nitrogens with zero attached hydrogens (tertiary/aromatic N) is 3. The number of hydrogen-bond acceptors (Lipinski definition) is 5. The van der Waals surface area contributed by atoms with Crippen LogP contribution in [0.3, 0.4) is 0 Å². The van der Waals surface area contributed by atoms with Crippen molar-refractivity contribution in [1.82, 2.24) is 14.8 Å². The van der Waals surface area contributed by atoms with Gasteiger partial charge < -0.3 is 5.73 Å². The van der Waals surface area contributed by atoms with Gasteiger partial charge in [-0.15, -0.1) is 11.3 Å². The minimum Gasteiger partial charge on any atom is -0.396 e. The first kappa shape index (κ1) is 18.6. The molecular formula is C20H26N4OS2. The Kier molecular flexibility index (Phi) is 5.07. The van der Waals surface area contributed by atoms with Crippen molar-refractivity contribution in [2.24, 2.45) is 7.05 Å². The highest BCUT2D eigenvalue weighted by Crippen LogP contribution is 2.49. The Hall–Kier alpha value is -1.73. The molecule has 2 saturated carbocycles.